The fourth-order valence-electron chi connectivity index (χ4n) is 2.52. The van der Waals surface area contributed by atoms with E-state index in [-0.39, 0.29) is 6.61 Å². The predicted molar refractivity (Wildman–Crippen MR) is 105 cm³/mol. The van der Waals surface area contributed by atoms with Crippen molar-refractivity contribution in [1.82, 2.24) is 10.9 Å². The van der Waals surface area contributed by atoms with E-state index in [2.05, 4.69) is 10.9 Å². The molecule has 1 heterocycles. The lowest BCUT2D eigenvalue weighted by Crippen LogP contribution is -2.51. The summed E-state index contributed by atoms with van der Waals surface area (Å²) >= 11 is 0. The molecule has 2 aromatic rings. The summed E-state index contributed by atoms with van der Waals surface area (Å²) in [5.74, 6) is -0.529. The topological polar surface area (TPSA) is 112 Å². The number of benzene rings is 2. The van der Waals surface area contributed by atoms with E-state index in [4.69, 9.17) is 18.9 Å². The number of aryl methyl sites for hydroxylation is 1. The molecule has 158 valence electrons. The summed E-state index contributed by atoms with van der Waals surface area (Å²) in [4.78, 5) is 35.9. The smallest absolute Gasteiger partial charge is 0.347 e. The van der Waals surface area contributed by atoms with Gasteiger partial charge in [-0.2, -0.15) is 0 Å². The number of hydrogen-bond donors (Lipinski definition) is 2. The first-order valence-corrected chi connectivity index (χ1v) is 9.29. The number of ether oxygens (including phenoxy) is 4. The van der Waals surface area contributed by atoms with Gasteiger partial charge in [0, 0.05) is 0 Å². The maximum atomic E-state index is 12.1. The standard InChI is InChI=1S/C21H22N2O7/c1-13-7-9-15(10-8-13)29-14(2)21(26)28-12-19(24)22-23-20(25)18-11-27-16-5-3-4-6-17(16)30-18/h3-10,14,18H,11-12H2,1-2H3,(H,22,24)(H,23,25). The van der Waals surface area contributed by atoms with Crippen LogP contribution in [0.5, 0.6) is 17.2 Å². The van der Waals surface area contributed by atoms with Gasteiger partial charge < -0.3 is 18.9 Å². The molecule has 9 heteroatoms. The lowest BCUT2D eigenvalue weighted by Gasteiger charge is -2.25. The third-order valence-electron chi connectivity index (χ3n) is 4.14. The van der Waals surface area contributed by atoms with E-state index in [1.54, 1.807) is 36.4 Å². The molecule has 3 rings (SSSR count). The zero-order valence-corrected chi connectivity index (χ0v) is 16.5. The molecule has 0 aliphatic carbocycles. The van der Waals surface area contributed by atoms with Gasteiger partial charge in [0.2, 0.25) is 6.10 Å². The maximum absolute atomic E-state index is 12.1. The number of fused-ring (bicyclic) bond motifs is 1. The van der Waals surface area contributed by atoms with Crippen molar-refractivity contribution in [3.05, 3.63) is 54.1 Å². The zero-order chi connectivity index (χ0) is 21.5. The third-order valence-corrected chi connectivity index (χ3v) is 4.14. The van der Waals surface area contributed by atoms with E-state index in [1.807, 2.05) is 19.1 Å². The minimum Gasteiger partial charge on any atom is -0.485 e. The fourth-order valence-corrected chi connectivity index (χ4v) is 2.52. The molecule has 0 aromatic heterocycles. The minimum atomic E-state index is -0.925. The lowest BCUT2D eigenvalue weighted by atomic mass is 10.2. The van der Waals surface area contributed by atoms with E-state index < -0.39 is 36.6 Å². The van der Waals surface area contributed by atoms with Gasteiger partial charge in [-0.05, 0) is 38.1 Å². The van der Waals surface area contributed by atoms with Gasteiger partial charge in [-0.25, -0.2) is 4.79 Å². The third kappa shape index (κ3) is 5.63. The Balaban J connectivity index is 1.37. The highest BCUT2D eigenvalue weighted by molar-refractivity contribution is 5.86. The van der Waals surface area contributed by atoms with E-state index in [9.17, 15) is 14.4 Å². The normalized spacial score (nSPS) is 15.5. The van der Waals surface area contributed by atoms with Crippen LogP contribution in [-0.4, -0.2) is 43.2 Å². The number of carbonyl (C=O) groups is 3. The number of amides is 2. The van der Waals surface area contributed by atoms with Crippen molar-refractivity contribution in [2.45, 2.75) is 26.1 Å². The Morgan fingerprint density at radius 1 is 1.07 bits per heavy atom. The quantitative estimate of drug-likeness (QED) is 0.541. The molecule has 2 atom stereocenters. The summed E-state index contributed by atoms with van der Waals surface area (Å²) in [6.45, 7) is 2.87. The van der Waals surface area contributed by atoms with Gasteiger partial charge in [0.1, 0.15) is 12.4 Å². The summed E-state index contributed by atoms with van der Waals surface area (Å²) in [6.07, 6.45) is -1.83. The van der Waals surface area contributed by atoms with Crippen LogP contribution in [0.25, 0.3) is 0 Å². The Morgan fingerprint density at radius 3 is 2.50 bits per heavy atom. The van der Waals surface area contributed by atoms with Crippen molar-refractivity contribution in [2.24, 2.45) is 0 Å². The predicted octanol–water partition coefficient (Wildman–Crippen LogP) is 1.29. The number of para-hydroxylation sites is 2. The van der Waals surface area contributed by atoms with Crippen LogP contribution in [-0.2, 0) is 19.1 Å². The summed E-state index contributed by atoms with van der Waals surface area (Å²) in [7, 11) is 0. The molecule has 0 saturated carbocycles. The van der Waals surface area contributed by atoms with Crippen LogP contribution in [0.1, 0.15) is 12.5 Å². The largest absolute Gasteiger partial charge is 0.485 e. The molecule has 0 bridgehead atoms. The highest BCUT2D eigenvalue weighted by Gasteiger charge is 2.27. The van der Waals surface area contributed by atoms with Crippen LogP contribution in [0.15, 0.2) is 48.5 Å². The van der Waals surface area contributed by atoms with Crippen molar-refractivity contribution in [1.29, 1.82) is 0 Å². The minimum absolute atomic E-state index is 0.00155. The molecule has 0 fully saturated rings. The first-order valence-electron chi connectivity index (χ1n) is 9.29. The molecule has 2 unspecified atom stereocenters. The van der Waals surface area contributed by atoms with E-state index in [0.717, 1.165) is 5.56 Å². The van der Waals surface area contributed by atoms with E-state index in [1.165, 1.54) is 6.92 Å². The molecule has 30 heavy (non-hydrogen) atoms. The van der Waals surface area contributed by atoms with Crippen molar-refractivity contribution in [3.63, 3.8) is 0 Å². The monoisotopic (exact) mass is 414 g/mol. The Morgan fingerprint density at radius 2 is 1.77 bits per heavy atom. The Kier molecular flexibility index (Phi) is 6.74. The second-order valence-corrected chi connectivity index (χ2v) is 6.58. The molecule has 0 saturated heterocycles. The van der Waals surface area contributed by atoms with Crippen molar-refractivity contribution >= 4 is 17.8 Å². The highest BCUT2D eigenvalue weighted by atomic mass is 16.6. The SMILES string of the molecule is Cc1ccc(OC(C)C(=O)OCC(=O)NNC(=O)C2COc3ccccc3O2)cc1. The van der Waals surface area contributed by atoms with Crippen LogP contribution in [0.3, 0.4) is 0 Å². The second kappa shape index (κ2) is 9.64. The maximum Gasteiger partial charge on any atom is 0.347 e. The zero-order valence-electron chi connectivity index (χ0n) is 16.5. The van der Waals surface area contributed by atoms with E-state index >= 15 is 0 Å². The molecule has 0 spiro atoms. The summed E-state index contributed by atoms with van der Waals surface area (Å²) < 4.78 is 21.3. The number of nitrogens with one attached hydrogen (secondary N) is 2. The average Bonchev–Trinajstić information content (AvgIpc) is 2.76. The van der Waals surface area contributed by atoms with Crippen LogP contribution < -0.4 is 25.1 Å². The summed E-state index contributed by atoms with van der Waals surface area (Å²) in [6, 6.07) is 14.1. The molecule has 1 aliphatic rings. The van der Waals surface area contributed by atoms with Gasteiger partial charge >= 0.3 is 5.97 Å². The Bertz CT molecular complexity index is 914. The number of rotatable bonds is 6. The molecular formula is C21H22N2O7. The number of hydrazine groups is 1. The first kappa shape index (κ1) is 21.0. The number of carbonyl (C=O) groups excluding carboxylic acids is 3. The molecule has 1 aliphatic heterocycles. The van der Waals surface area contributed by atoms with Crippen molar-refractivity contribution in [2.75, 3.05) is 13.2 Å². The van der Waals surface area contributed by atoms with Gasteiger partial charge in [-0.3, -0.25) is 20.4 Å². The first-order chi connectivity index (χ1) is 14.4. The van der Waals surface area contributed by atoms with Crippen molar-refractivity contribution in [3.8, 4) is 17.2 Å². The molecule has 2 N–H and O–H groups in total. The van der Waals surface area contributed by atoms with Gasteiger partial charge in [-0.15, -0.1) is 0 Å². The molecule has 2 aromatic carbocycles. The van der Waals surface area contributed by atoms with Crippen LogP contribution in [0.4, 0.5) is 0 Å². The molecule has 2 amide bonds. The number of hydrogen-bond acceptors (Lipinski definition) is 7. The summed E-state index contributed by atoms with van der Waals surface area (Å²) in [5, 5.41) is 0. The summed E-state index contributed by atoms with van der Waals surface area (Å²) in [5.41, 5.74) is 5.44. The van der Waals surface area contributed by atoms with Crippen LogP contribution in [0.2, 0.25) is 0 Å². The fraction of sp³-hybridized carbons (Fsp3) is 0.286. The molecule has 9 nitrogen and oxygen atoms in total. The average molecular weight is 414 g/mol. The molecular weight excluding hydrogens is 392 g/mol. The Hall–Kier alpha value is -3.75. The van der Waals surface area contributed by atoms with Gasteiger partial charge in [0.15, 0.2) is 24.2 Å². The van der Waals surface area contributed by atoms with Gasteiger partial charge in [0.25, 0.3) is 11.8 Å². The van der Waals surface area contributed by atoms with Crippen LogP contribution in [0, 0.1) is 6.92 Å². The van der Waals surface area contributed by atoms with Crippen LogP contribution >= 0.6 is 0 Å². The van der Waals surface area contributed by atoms with E-state index in [0.29, 0.717) is 17.2 Å². The number of esters is 1. The van der Waals surface area contributed by atoms with Gasteiger partial charge in [-0.1, -0.05) is 29.8 Å². The van der Waals surface area contributed by atoms with Crippen molar-refractivity contribution < 1.29 is 33.3 Å². The second-order valence-electron chi connectivity index (χ2n) is 6.58. The lowest BCUT2D eigenvalue weighted by molar-refractivity contribution is -0.155. The van der Waals surface area contributed by atoms with Gasteiger partial charge in [0.05, 0.1) is 0 Å². The Labute approximate surface area is 173 Å². The highest BCUT2D eigenvalue weighted by Crippen LogP contribution is 2.30. The molecule has 0 radical (unpaired) electrons.